The van der Waals surface area contributed by atoms with Gasteiger partial charge < -0.3 is 4.74 Å². The van der Waals surface area contributed by atoms with Gasteiger partial charge in [-0.15, -0.1) is 0 Å². The second kappa shape index (κ2) is 2.71. The standard InChI is InChI=1S/C5H4BrClO2/c6-2-3-1-4(8)9-5(3)7/h1,5H,2H2. The quantitative estimate of drug-likeness (QED) is 0.484. The summed E-state index contributed by atoms with van der Waals surface area (Å²) in [6, 6.07) is 0. The molecule has 4 heteroatoms. The van der Waals surface area contributed by atoms with Crippen LogP contribution in [0.5, 0.6) is 0 Å². The third-order valence-corrected chi connectivity index (χ3v) is 1.99. The molecule has 0 aromatic rings. The van der Waals surface area contributed by atoms with Crippen LogP contribution in [0, 0.1) is 0 Å². The first-order valence-corrected chi connectivity index (χ1v) is 3.91. The van der Waals surface area contributed by atoms with Gasteiger partial charge in [-0.2, -0.15) is 0 Å². The molecule has 0 radical (unpaired) electrons. The van der Waals surface area contributed by atoms with Gasteiger partial charge in [-0.25, -0.2) is 4.79 Å². The third kappa shape index (κ3) is 1.46. The number of halogens is 2. The smallest absolute Gasteiger partial charge is 0.332 e. The summed E-state index contributed by atoms with van der Waals surface area (Å²) in [5.41, 5.74) is 0.221. The van der Waals surface area contributed by atoms with Gasteiger partial charge in [0.05, 0.1) is 0 Å². The molecule has 0 saturated heterocycles. The predicted molar refractivity (Wildman–Crippen MR) is 37.6 cm³/mol. The molecule has 1 aliphatic rings. The fraction of sp³-hybridized carbons (Fsp3) is 0.400. The third-order valence-electron chi connectivity index (χ3n) is 0.969. The number of rotatable bonds is 1. The van der Waals surface area contributed by atoms with E-state index in [0.717, 1.165) is 5.57 Å². The molecule has 0 aromatic carbocycles. The Morgan fingerprint density at radius 2 is 2.56 bits per heavy atom. The van der Waals surface area contributed by atoms with E-state index in [2.05, 4.69) is 20.7 Å². The SMILES string of the molecule is O=C1C=C(CBr)C(Cl)O1. The number of esters is 1. The Labute approximate surface area is 65.9 Å². The van der Waals surface area contributed by atoms with Crippen LogP contribution in [-0.2, 0) is 9.53 Å². The molecule has 1 aliphatic heterocycles. The molecule has 0 N–H and O–H groups in total. The molecule has 0 fully saturated rings. The summed E-state index contributed by atoms with van der Waals surface area (Å²) in [5.74, 6) is -0.357. The molecule has 9 heavy (non-hydrogen) atoms. The fourth-order valence-electron chi connectivity index (χ4n) is 0.528. The first-order valence-electron chi connectivity index (χ1n) is 2.35. The zero-order chi connectivity index (χ0) is 6.85. The van der Waals surface area contributed by atoms with Gasteiger partial charge in [0.1, 0.15) is 0 Å². The summed E-state index contributed by atoms with van der Waals surface area (Å²) in [5, 5.41) is 0.590. The van der Waals surface area contributed by atoms with Crippen molar-refractivity contribution in [3.8, 4) is 0 Å². The van der Waals surface area contributed by atoms with Gasteiger partial charge in [-0.05, 0) is 0 Å². The van der Waals surface area contributed by atoms with Crippen molar-refractivity contribution in [1.82, 2.24) is 0 Å². The lowest BCUT2D eigenvalue weighted by Crippen LogP contribution is -2.02. The number of ether oxygens (including phenoxy) is 1. The van der Waals surface area contributed by atoms with E-state index in [1.807, 2.05) is 0 Å². The van der Waals surface area contributed by atoms with Crippen molar-refractivity contribution >= 4 is 33.5 Å². The van der Waals surface area contributed by atoms with Crippen LogP contribution >= 0.6 is 27.5 Å². The van der Waals surface area contributed by atoms with Crippen LogP contribution < -0.4 is 0 Å². The highest BCUT2D eigenvalue weighted by atomic mass is 79.9. The van der Waals surface area contributed by atoms with Gasteiger partial charge in [0.15, 0.2) is 5.56 Å². The summed E-state index contributed by atoms with van der Waals surface area (Å²) in [7, 11) is 0. The van der Waals surface area contributed by atoms with E-state index in [-0.39, 0.29) is 5.97 Å². The van der Waals surface area contributed by atoms with Crippen molar-refractivity contribution < 1.29 is 9.53 Å². The van der Waals surface area contributed by atoms with E-state index >= 15 is 0 Å². The Bertz CT molecular complexity index is 166. The number of hydrogen-bond acceptors (Lipinski definition) is 2. The van der Waals surface area contributed by atoms with E-state index in [0.29, 0.717) is 5.33 Å². The average Bonchev–Trinajstić information content (AvgIpc) is 2.10. The second-order valence-corrected chi connectivity index (χ2v) is 2.56. The van der Waals surface area contributed by atoms with Crippen LogP contribution in [0.4, 0.5) is 0 Å². The number of hydrogen-bond donors (Lipinski definition) is 0. The van der Waals surface area contributed by atoms with Gasteiger partial charge in [0.2, 0.25) is 0 Å². The Kier molecular flexibility index (Phi) is 2.13. The predicted octanol–water partition coefficient (Wildman–Crippen LogP) is 1.43. The van der Waals surface area contributed by atoms with E-state index in [1.54, 1.807) is 0 Å². The molecule has 0 amide bonds. The first kappa shape index (κ1) is 7.09. The Morgan fingerprint density at radius 3 is 2.78 bits per heavy atom. The van der Waals surface area contributed by atoms with Crippen LogP contribution in [0.1, 0.15) is 0 Å². The normalized spacial score (nSPS) is 25.8. The maximum absolute atomic E-state index is 10.4. The molecule has 0 saturated carbocycles. The summed E-state index contributed by atoms with van der Waals surface area (Å²) >= 11 is 8.69. The summed E-state index contributed by atoms with van der Waals surface area (Å²) < 4.78 is 4.57. The molecule has 1 atom stereocenters. The van der Waals surface area contributed by atoms with Crippen molar-refractivity contribution in [3.05, 3.63) is 11.6 Å². The van der Waals surface area contributed by atoms with E-state index in [1.165, 1.54) is 6.08 Å². The zero-order valence-corrected chi connectivity index (χ0v) is 6.78. The molecule has 0 aliphatic carbocycles. The summed E-state index contributed by atoms with van der Waals surface area (Å²) in [6.45, 7) is 0. The highest BCUT2D eigenvalue weighted by molar-refractivity contribution is 9.09. The second-order valence-electron chi connectivity index (χ2n) is 1.61. The maximum atomic E-state index is 10.4. The Morgan fingerprint density at radius 1 is 1.89 bits per heavy atom. The molecule has 50 valence electrons. The zero-order valence-electron chi connectivity index (χ0n) is 4.43. The van der Waals surface area contributed by atoms with Crippen molar-refractivity contribution in [2.45, 2.75) is 5.56 Å². The number of cyclic esters (lactones) is 1. The molecule has 1 rings (SSSR count). The van der Waals surface area contributed by atoms with Crippen molar-refractivity contribution in [2.24, 2.45) is 0 Å². The van der Waals surface area contributed by atoms with Crippen molar-refractivity contribution in [2.75, 3.05) is 5.33 Å². The van der Waals surface area contributed by atoms with Gasteiger partial charge in [0.25, 0.3) is 0 Å². The van der Waals surface area contributed by atoms with Gasteiger partial charge in [-0.3, -0.25) is 0 Å². The molecule has 2 nitrogen and oxygen atoms in total. The van der Waals surface area contributed by atoms with Crippen LogP contribution in [0.25, 0.3) is 0 Å². The molecule has 0 spiro atoms. The van der Waals surface area contributed by atoms with Gasteiger partial charge >= 0.3 is 5.97 Å². The maximum Gasteiger partial charge on any atom is 0.332 e. The van der Waals surface area contributed by atoms with E-state index < -0.39 is 5.56 Å². The minimum absolute atomic E-state index is 0.357. The highest BCUT2D eigenvalue weighted by Crippen LogP contribution is 2.20. The molecular weight excluding hydrogens is 207 g/mol. The lowest BCUT2D eigenvalue weighted by atomic mass is 10.3. The molecule has 1 heterocycles. The number of alkyl halides is 2. The minimum atomic E-state index is -0.558. The Balaban J connectivity index is 2.68. The van der Waals surface area contributed by atoms with Crippen LogP contribution in [0.3, 0.4) is 0 Å². The summed E-state index contributed by atoms with van der Waals surface area (Å²) in [6.07, 6.45) is 1.40. The average molecular weight is 211 g/mol. The molecular formula is C5H4BrClO2. The van der Waals surface area contributed by atoms with E-state index in [9.17, 15) is 4.79 Å². The lowest BCUT2D eigenvalue weighted by molar-refractivity contribution is -0.136. The van der Waals surface area contributed by atoms with Crippen molar-refractivity contribution in [1.29, 1.82) is 0 Å². The minimum Gasteiger partial charge on any atom is -0.439 e. The number of carbonyl (C=O) groups is 1. The monoisotopic (exact) mass is 210 g/mol. The first-order chi connectivity index (χ1) is 4.24. The lowest BCUT2D eigenvalue weighted by Gasteiger charge is -2.00. The number of carbonyl (C=O) groups excluding carboxylic acids is 1. The van der Waals surface area contributed by atoms with Crippen molar-refractivity contribution in [3.63, 3.8) is 0 Å². The van der Waals surface area contributed by atoms with Crippen LogP contribution in [0.15, 0.2) is 11.6 Å². The largest absolute Gasteiger partial charge is 0.439 e. The molecule has 1 unspecified atom stereocenters. The van der Waals surface area contributed by atoms with Gasteiger partial charge in [-0.1, -0.05) is 27.5 Å². The fourth-order valence-corrected chi connectivity index (χ4v) is 1.40. The topological polar surface area (TPSA) is 26.3 Å². The molecule has 0 aromatic heterocycles. The van der Waals surface area contributed by atoms with Crippen LogP contribution in [0.2, 0.25) is 0 Å². The van der Waals surface area contributed by atoms with Gasteiger partial charge in [0, 0.05) is 17.0 Å². The van der Waals surface area contributed by atoms with Crippen LogP contribution in [-0.4, -0.2) is 16.9 Å². The summed E-state index contributed by atoms with van der Waals surface area (Å²) in [4.78, 5) is 10.4. The molecule has 0 bridgehead atoms. The van der Waals surface area contributed by atoms with E-state index in [4.69, 9.17) is 11.6 Å². The highest BCUT2D eigenvalue weighted by Gasteiger charge is 2.21. The Hall–Kier alpha value is -0.0200.